The van der Waals surface area contributed by atoms with Gasteiger partial charge in [-0.1, -0.05) is 0 Å². The van der Waals surface area contributed by atoms with Crippen molar-refractivity contribution in [3.05, 3.63) is 0 Å². The lowest BCUT2D eigenvalue weighted by atomic mass is 10.3. The average Bonchev–Trinajstić information content (AvgIpc) is 2.12. The molecule has 1 N–H and O–H groups in total. The Morgan fingerprint density at radius 3 is 2.47 bits per heavy atom. The van der Waals surface area contributed by atoms with Crippen molar-refractivity contribution in [3.8, 4) is 0 Å². The zero-order valence-corrected chi connectivity index (χ0v) is 9.17. The molecule has 5 heteroatoms. The topological polar surface area (TPSA) is 72.5 Å². The summed E-state index contributed by atoms with van der Waals surface area (Å²) in [5.41, 5.74) is 0. The molecule has 0 saturated heterocycles. The molecule has 0 spiro atoms. The molecule has 0 bridgehead atoms. The molecule has 86 valence electrons. The number of carbonyl (C=O) groups is 3. The van der Waals surface area contributed by atoms with Gasteiger partial charge in [0, 0.05) is 13.0 Å². The van der Waals surface area contributed by atoms with Crippen LogP contribution >= 0.6 is 0 Å². The second kappa shape index (κ2) is 7.96. The lowest BCUT2D eigenvalue weighted by Crippen LogP contribution is -2.26. The third kappa shape index (κ3) is 8.93. The van der Waals surface area contributed by atoms with Crippen LogP contribution in [-0.2, 0) is 19.1 Å². The molecule has 0 heterocycles. The van der Waals surface area contributed by atoms with Crippen molar-refractivity contribution in [1.82, 2.24) is 5.32 Å². The second-order valence-electron chi connectivity index (χ2n) is 3.14. The summed E-state index contributed by atoms with van der Waals surface area (Å²) >= 11 is 0. The van der Waals surface area contributed by atoms with Gasteiger partial charge in [-0.15, -0.1) is 0 Å². The first-order valence-corrected chi connectivity index (χ1v) is 4.98. The number of nitrogens with one attached hydrogen (secondary N) is 1. The molecule has 0 aromatic rings. The molecule has 0 saturated carbocycles. The van der Waals surface area contributed by atoms with Crippen LogP contribution in [0.3, 0.4) is 0 Å². The minimum atomic E-state index is -0.300. The van der Waals surface area contributed by atoms with Crippen molar-refractivity contribution < 1.29 is 19.1 Å². The van der Waals surface area contributed by atoms with Crippen molar-refractivity contribution in [2.24, 2.45) is 0 Å². The van der Waals surface area contributed by atoms with E-state index in [1.807, 2.05) is 0 Å². The van der Waals surface area contributed by atoms with Crippen LogP contribution in [0.2, 0.25) is 0 Å². The van der Waals surface area contributed by atoms with Gasteiger partial charge in [-0.3, -0.25) is 14.4 Å². The number of ketones is 1. The fourth-order valence-corrected chi connectivity index (χ4v) is 0.982. The molecule has 0 atom stereocenters. The van der Waals surface area contributed by atoms with E-state index < -0.39 is 0 Å². The highest BCUT2D eigenvalue weighted by Crippen LogP contribution is 1.91. The van der Waals surface area contributed by atoms with E-state index in [0.717, 1.165) is 0 Å². The van der Waals surface area contributed by atoms with E-state index in [2.05, 4.69) is 5.32 Å². The van der Waals surface area contributed by atoms with E-state index in [9.17, 15) is 14.4 Å². The number of hydrogen-bond acceptors (Lipinski definition) is 4. The zero-order valence-electron chi connectivity index (χ0n) is 9.17. The van der Waals surface area contributed by atoms with Gasteiger partial charge >= 0.3 is 5.97 Å². The summed E-state index contributed by atoms with van der Waals surface area (Å²) in [6, 6.07) is 0. The molecule has 0 aliphatic rings. The molecular formula is C10H17NO4. The number of Topliss-reactive ketones (excluding diaryl/α,β-unsaturated/α-hetero) is 1. The van der Waals surface area contributed by atoms with Crippen molar-refractivity contribution in [1.29, 1.82) is 0 Å². The molecule has 0 unspecified atom stereocenters. The normalized spacial score (nSPS) is 9.47. The van der Waals surface area contributed by atoms with E-state index in [1.54, 1.807) is 6.92 Å². The van der Waals surface area contributed by atoms with Gasteiger partial charge < -0.3 is 10.1 Å². The number of amides is 1. The molecule has 15 heavy (non-hydrogen) atoms. The van der Waals surface area contributed by atoms with Crippen LogP contribution in [-0.4, -0.2) is 30.8 Å². The fourth-order valence-electron chi connectivity index (χ4n) is 0.982. The summed E-state index contributed by atoms with van der Waals surface area (Å²) in [5.74, 6) is -0.734. The number of ether oxygens (including phenoxy) is 1. The Bertz CT molecular complexity index is 238. The standard InChI is InChI=1S/C10H17NO4/c1-3-15-10(14)5-4-6-11-9(13)7-8(2)12/h3-7H2,1-2H3,(H,11,13). The largest absolute Gasteiger partial charge is 0.466 e. The Balaban J connectivity index is 3.42. The number of esters is 1. The molecule has 1 amide bonds. The summed E-state index contributed by atoms with van der Waals surface area (Å²) in [5, 5.41) is 2.54. The zero-order chi connectivity index (χ0) is 11.7. The highest BCUT2D eigenvalue weighted by molar-refractivity contribution is 5.96. The summed E-state index contributed by atoms with van der Waals surface area (Å²) in [6.07, 6.45) is 0.718. The molecule has 5 nitrogen and oxygen atoms in total. The Morgan fingerprint density at radius 2 is 1.93 bits per heavy atom. The third-order valence-electron chi connectivity index (χ3n) is 1.59. The van der Waals surface area contributed by atoms with Crippen LogP contribution in [0, 0.1) is 0 Å². The molecule has 0 aliphatic carbocycles. The Hall–Kier alpha value is -1.39. The van der Waals surface area contributed by atoms with Crippen LogP contribution in [0.1, 0.15) is 33.1 Å². The average molecular weight is 215 g/mol. The molecule has 0 fully saturated rings. The maximum Gasteiger partial charge on any atom is 0.305 e. The minimum Gasteiger partial charge on any atom is -0.466 e. The van der Waals surface area contributed by atoms with Gasteiger partial charge in [-0.05, 0) is 20.3 Å². The van der Waals surface area contributed by atoms with E-state index in [-0.39, 0.29) is 30.5 Å². The predicted molar refractivity (Wildman–Crippen MR) is 54.2 cm³/mol. The summed E-state index contributed by atoms with van der Waals surface area (Å²) in [7, 11) is 0. The van der Waals surface area contributed by atoms with Gasteiger partial charge in [-0.25, -0.2) is 0 Å². The molecular weight excluding hydrogens is 198 g/mol. The van der Waals surface area contributed by atoms with Crippen molar-refractivity contribution in [2.45, 2.75) is 33.1 Å². The third-order valence-corrected chi connectivity index (χ3v) is 1.59. The predicted octanol–water partition coefficient (Wildman–Crippen LogP) is 0.425. The van der Waals surface area contributed by atoms with Gasteiger partial charge in [0.1, 0.15) is 5.78 Å². The van der Waals surface area contributed by atoms with Gasteiger partial charge in [0.25, 0.3) is 0 Å². The molecule has 0 aromatic heterocycles. The van der Waals surface area contributed by atoms with Gasteiger partial charge in [0.15, 0.2) is 0 Å². The smallest absolute Gasteiger partial charge is 0.305 e. The number of carbonyl (C=O) groups excluding carboxylic acids is 3. The SMILES string of the molecule is CCOC(=O)CCCNC(=O)CC(C)=O. The van der Waals surface area contributed by atoms with Gasteiger partial charge in [0.2, 0.25) is 5.91 Å². The highest BCUT2D eigenvalue weighted by Gasteiger charge is 2.05. The summed E-state index contributed by atoms with van der Waals surface area (Å²) in [6.45, 7) is 3.87. The minimum absolute atomic E-state index is 0.0978. The first kappa shape index (κ1) is 13.6. The second-order valence-corrected chi connectivity index (χ2v) is 3.14. The maximum atomic E-state index is 11.0. The fraction of sp³-hybridized carbons (Fsp3) is 0.700. The lowest BCUT2D eigenvalue weighted by molar-refractivity contribution is -0.143. The van der Waals surface area contributed by atoms with Crippen LogP contribution in [0.15, 0.2) is 0 Å². The first-order chi connectivity index (χ1) is 7.06. The first-order valence-electron chi connectivity index (χ1n) is 4.98. The Morgan fingerprint density at radius 1 is 1.27 bits per heavy atom. The monoisotopic (exact) mass is 215 g/mol. The molecule has 0 rings (SSSR count). The van der Waals surface area contributed by atoms with E-state index in [4.69, 9.17) is 4.74 Å². The van der Waals surface area contributed by atoms with Gasteiger partial charge in [0.05, 0.1) is 13.0 Å². The van der Waals surface area contributed by atoms with Crippen LogP contribution in [0.25, 0.3) is 0 Å². The number of rotatable bonds is 7. The van der Waals surface area contributed by atoms with Crippen molar-refractivity contribution in [3.63, 3.8) is 0 Å². The number of hydrogen-bond donors (Lipinski definition) is 1. The van der Waals surface area contributed by atoms with Crippen LogP contribution < -0.4 is 5.32 Å². The highest BCUT2D eigenvalue weighted by atomic mass is 16.5. The Labute approximate surface area is 89.2 Å². The van der Waals surface area contributed by atoms with Crippen LogP contribution in [0.4, 0.5) is 0 Å². The quantitative estimate of drug-likeness (QED) is 0.379. The van der Waals surface area contributed by atoms with Crippen molar-refractivity contribution in [2.75, 3.05) is 13.2 Å². The van der Waals surface area contributed by atoms with Crippen LogP contribution in [0.5, 0.6) is 0 Å². The molecule has 0 aliphatic heterocycles. The summed E-state index contributed by atoms with van der Waals surface area (Å²) in [4.78, 5) is 32.4. The van der Waals surface area contributed by atoms with E-state index in [0.29, 0.717) is 19.6 Å². The summed E-state index contributed by atoms with van der Waals surface area (Å²) < 4.78 is 4.71. The van der Waals surface area contributed by atoms with E-state index >= 15 is 0 Å². The van der Waals surface area contributed by atoms with Crippen molar-refractivity contribution >= 4 is 17.7 Å². The van der Waals surface area contributed by atoms with Gasteiger partial charge in [-0.2, -0.15) is 0 Å². The Kier molecular flexibility index (Phi) is 7.23. The molecule has 0 aromatic carbocycles. The van der Waals surface area contributed by atoms with E-state index in [1.165, 1.54) is 6.92 Å². The maximum absolute atomic E-state index is 11.0. The lowest BCUT2D eigenvalue weighted by Gasteiger charge is -2.03. The molecule has 0 radical (unpaired) electrons.